The van der Waals surface area contributed by atoms with E-state index in [1.54, 1.807) is 18.4 Å². The normalized spacial score (nSPS) is 26.4. The summed E-state index contributed by atoms with van der Waals surface area (Å²) in [6, 6.07) is 3.58. The number of carboxylic acid groups (broad SMARTS) is 1. The van der Waals surface area contributed by atoms with Gasteiger partial charge in [0, 0.05) is 13.0 Å². The molecule has 2 rings (SSSR count). The van der Waals surface area contributed by atoms with Crippen LogP contribution in [-0.4, -0.2) is 24.3 Å². The van der Waals surface area contributed by atoms with Crippen molar-refractivity contribution in [2.24, 2.45) is 5.41 Å². The van der Waals surface area contributed by atoms with Crippen molar-refractivity contribution in [3.8, 4) is 0 Å². The van der Waals surface area contributed by atoms with Gasteiger partial charge in [0.1, 0.15) is 5.76 Å². The number of furan rings is 1. The smallest absolute Gasteiger partial charge is 0.312 e. The summed E-state index contributed by atoms with van der Waals surface area (Å²) in [5, 5.41) is 9.27. The van der Waals surface area contributed by atoms with Gasteiger partial charge < -0.3 is 14.3 Å². The lowest BCUT2D eigenvalue weighted by atomic mass is 9.79. The van der Waals surface area contributed by atoms with Gasteiger partial charge in [-0.1, -0.05) is 0 Å². The standard InChI is InChI=1S/C11H14O4/c12-10(13)11(4-2-5-14-8-11)7-9-3-1-6-15-9/h1,3,6H,2,4-5,7-8H2,(H,12,13). The Bertz CT molecular complexity index is 322. The molecular weight excluding hydrogens is 196 g/mol. The van der Waals surface area contributed by atoms with Crippen molar-refractivity contribution < 1.29 is 19.1 Å². The summed E-state index contributed by atoms with van der Waals surface area (Å²) in [7, 11) is 0. The van der Waals surface area contributed by atoms with E-state index in [9.17, 15) is 9.90 Å². The lowest BCUT2D eigenvalue weighted by Gasteiger charge is -2.32. The van der Waals surface area contributed by atoms with Crippen LogP contribution in [0.3, 0.4) is 0 Å². The Morgan fingerprint density at radius 1 is 1.60 bits per heavy atom. The van der Waals surface area contributed by atoms with Gasteiger partial charge in [-0.05, 0) is 25.0 Å². The molecule has 15 heavy (non-hydrogen) atoms. The lowest BCUT2D eigenvalue weighted by molar-refractivity contribution is -0.157. The van der Waals surface area contributed by atoms with Gasteiger partial charge in [0.25, 0.3) is 0 Å². The first kappa shape index (κ1) is 10.2. The van der Waals surface area contributed by atoms with Gasteiger partial charge in [-0.3, -0.25) is 4.79 Å². The van der Waals surface area contributed by atoms with Crippen LogP contribution in [-0.2, 0) is 16.0 Å². The van der Waals surface area contributed by atoms with E-state index in [1.165, 1.54) is 0 Å². The van der Waals surface area contributed by atoms with Gasteiger partial charge in [-0.15, -0.1) is 0 Å². The molecule has 1 atom stereocenters. The largest absolute Gasteiger partial charge is 0.481 e. The maximum Gasteiger partial charge on any atom is 0.312 e. The maximum absolute atomic E-state index is 11.3. The third-order valence-electron chi connectivity index (χ3n) is 2.87. The topological polar surface area (TPSA) is 59.7 Å². The van der Waals surface area contributed by atoms with E-state index >= 15 is 0 Å². The molecule has 4 nitrogen and oxygen atoms in total. The third kappa shape index (κ3) is 2.04. The summed E-state index contributed by atoms with van der Waals surface area (Å²) in [5.41, 5.74) is -0.796. The highest BCUT2D eigenvalue weighted by molar-refractivity contribution is 5.75. The van der Waals surface area contributed by atoms with Crippen molar-refractivity contribution in [2.45, 2.75) is 19.3 Å². The number of carboxylic acids is 1. The second kappa shape index (κ2) is 4.06. The third-order valence-corrected chi connectivity index (χ3v) is 2.87. The summed E-state index contributed by atoms with van der Waals surface area (Å²) in [6.45, 7) is 0.941. The van der Waals surface area contributed by atoms with Crippen LogP contribution in [0.15, 0.2) is 22.8 Å². The highest BCUT2D eigenvalue weighted by atomic mass is 16.5. The summed E-state index contributed by atoms with van der Waals surface area (Å²) < 4.78 is 10.5. The molecule has 1 N–H and O–H groups in total. The van der Waals surface area contributed by atoms with Crippen LogP contribution in [0.5, 0.6) is 0 Å². The quantitative estimate of drug-likeness (QED) is 0.824. The minimum atomic E-state index is -0.796. The van der Waals surface area contributed by atoms with E-state index in [-0.39, 0.29) is 6.61 Å². The van der Waals surface area contributed by atoms with E-state index in [0.29, 0.717) is 25.2 Å². The molecular formula is C11H14O4. The zero-order valence-electron chi connectivity index (χ0n) is 8.44. The summed E-state index contributed by atoms with van der Waals surface area (Å²) in [6.07, 6.45) is 3.43. The molecule has 0 aromatic carbocycles. The monoisotopic (exact) mass is 210 g/mol. The minimum Gasteiger partial charge on any atom is -0.481 e. The zero-order valence-corrected chi connectivity index (χ0v) is 8.44. The van der Waals surface area contributed by atoms with Gasteiger partial charge in [-0.2, -0.15) is 0 Å². The van der Waals surface area contributed by atoms with Crippen molar-refractivity contribution in [3.63, 3.8) is 0 Å². The number of hydrogen-bond donors (Lipinski definition) is 1. The van der Waals surface area contributed by atoms with Crippen molar-refractivity contribution in [1.82, 2.24) is 0 Å². The van der Waals surface area contributed by atoms with Gasteiger partial charge in [0.2, 0.25) is 0 Å². The fourth-order valence-electron chi connectivity index (χ4n) is 1.98. The average molecular weight is 210 g/mol. The lowest BCUT2D eigenvalue weighted by Crippen LogP contribution is -2.41. The molecule has 0 radical (unpaired) electrons. The zero-order chi connectivity index (χ0) is 10.7. The van der Waals surface area contributed by atoms with Crippen LogP contribution < -0.4 is 0 Å². The summed E-state index contributed by atoms with van der Waals surface area (Å²) >= 11 is 0. The van der Waals surface area contributed by atoms with Crippen molar-refractivity contribution in [2.75, 3.05) is 13.2 Å². The molecule has 4 heteroatoms. The number of ether oxygens (including phenoxy) is 1. The van der Waals surface area contributed by atoms with Crippen LogP contribution >= 0.6 is 0 Å². The molecule has 0 bridgehead atoms. The van der Waals surface area contributed by atoms with Crippen molar-refractivity contribution in [1.29, 1.82) is 0 Å². The van der Waals surface area contributed by atoms with E-state index in [1.807, 2.05) is 0 Å². The molecule has 1 aliphatic heterocycles. The Balaban J connectivity index is 2.15. The summed E-state index contributed by atoms with van der Waals surface area (Å²) in [5.74, 6) is -0.0819. The van der Waals surface area contributed by atoms with Gasteiger partial charge >= 0.3 is 5.97 Å². The molecule has 2 heterocycles. The molecule has 1 aromatic rings. The fourth-order valence-corrected chi connectivity index (χ4v) is 1.98. The Morgan fingerprint density at radius 3 is 3.00 bits per heavy atom. The Morgan fingerprint density at radius 2 is 2.47 bits per heavy atom. The molecule has 1 aliphatic rings. The highest BCUT2D eigenvalue weighted by Crippen LogP contribution is 2.33. The first-order valence-electron chi connectivity index (χ1n) is 5.06. The van der Waals surface area contributed by atoms with Gasteiger partial charge in [0.05, 0.1) is 18.3 Å². The van der Waals surface area contributed by atoms with Gasteiger partial charge in [-0.25, -0.2) is 0 Å². The van der Waals surface area contributed by atoms with Gasteiger partial charge in [0.15, 0.2) is 0 Å². The molecule has 0 spiro atoms. The highest BCUT2D eigenvalue weighted by Gasteiger charge is 2.41. The molecule has 0 saturated carbocycles. The van der Waals surface area contributed by atoms with E-state index in [2.05, 4.69) is 0 Å². The number of carbonyl (C=O) groups is 1. The molecule has 0 aliphatic carbocycles. The van der Waals surface area contributed by atoms with Crippen LogP contribution in [0.1, 0.15) is 18.6 Å². The number of hydrogen-bond acceptors (Lipinski definition) is 3. The molecule has 1 saturated heterocycles. The molecule has 0 amide bonds. The first-order valence-corrected chi connectivity index (χ1v) is 5.06. The van der Waals surface area contributed by atoms with E-state index in [4.69, 9.17) is 9.15 Å². The maximum atomic E-state index is 11.3. The minimum absolute atomic E-state index is 0.281. The van der Waals surface area contributed by atoms with E-state index in [0.717, 1.165) is 6.42 Å². The molecule has 1 aromatic heterocycles. The predicted octanol–water partition coefficient (Wildman–Crippen LogP) is 1.70. The van der Waals surface area contributed by atoms with E-state index < -0.39 is 11.4 Å². The number of rotatable bonds is 3. The number of aliphatic carboxylic acids is 1. The Kier molecular flexibility index (Phi) is 2.77. The molecule has 1 unspecified atom stereocenters. The first-order chi connectivity index (χ1) is 7.23. The van der Waals surface area contributed by atoms with Crippen LogP contribution in [0.2, 0.25) is 0 Å². The van der Waals surface area contributed by atoms with Crippen molar-refractivity contribution in [3.05, 3.63) is 24.2 Å². The summed E-state index contributed by atoms with van der Waals surface area (Å²) in [4.78, 5) is 11.3. The molecule has 82 valence electrons. The van der Waals surface area contributed by atoms with Crippen LogP contribution in [0.25, 0.3) is 0 Å². The average Bonchev–Trinajstić information content (AvgIpc) is 2.71. The SMILES string of the molecule is O=C(O)C1(Cc2ccco2)CCCOC1. The van der Waals surface area contributed by atoms with Crippen LogP contribution in [0.4, 0.5) is 0 Å². The van der Waals surface area contributed by atoms with Crippen molar-refractivity contribution >= 4 is 5.97 Å². The second-order valence-corrected chi connectivity index (χ2v) is 4.00. The fraction of sp³-hybridized carbons (Fsp3) is 0.545. The molecule has 1 fully saturated rings. The Labute approximate surface area is 87.8 Å². The van der Waals surface area contributed by atoms with Crippen LogP contribution in [0, 0.1) is 5.41 Å². The Hall–Kier alpha value is -1.29. The predicted molar refractivity (Wildman–Crippen MR) is 52.5 cm³/mol. The second-order valence-electron chi connectivity index (χ2n) is 4.00.